The quantitative estimate of drug-likeness (QED) is 0.620. The van der Waals surface area contributed by atoms with Gasteiger partial charge in [0.1, 0.15) is 0 Å². The fraction of sp³-hybridized carbons (Fsp3) is 1.00. The van der Waals surface area contributed by atoms with Crippen LogP contribution in [0.1, 0.15) is 0 Å². The van der Waals surface area contributed by atoms with Crippen LogP contribution in [0.15, 0.2) is 0 Å². The van der Waals surface area contributed by atoms with E-state index < -0.39 is 21.5 Å². The number of nitrogens with zero attached hydrogens (tertiary/aromatic N) is 1. The van der Waals surface area contributed by atoms with Crippen LogP contribution in [0.5, 0.6) is 0 Å². The van der Waals surface area contributed by atoms with Crippen LogP contribution in [-0.4, -0.2) is 60.7 Å². The molecule has 0 amide bonds. The normalized spacial score (nSPS) is 21.4. The Bertz CT molecular complexity index is 310. The molecule has 1 rings (SSSR count). The van der Waals surface area contributed by atoms with Crippen LogP contribution in [0.2, 0.25) is 0 Å². The molecule has 0 aliphatic carbocycles. The zero-order valence-corrected chi connectivity index (χ0v) is 9.63. The first kappa shape index (κ1) is 13.0. The van der Waals surface area contributed by atoms with Crippen LogP contribution in [0.4, 0.5) is 0 Å². The van der Waals surface area contributed by atoms with Crippen molar-refractivity contribution in [2.45, 2.75) is 0 Å². The molecule has 0 aromatic carbocycles. The molecule has 0 aromatic heterocycles. The molecule has 0 bridgehead atoms. The molecule has 0 saturated carbocycles. The van der Waals surface area contributed by atoms with Crippen LogP contribution in [0.3, 0.4) is 0 Å². The lowest BCUT2D eigenvalue weighted by Gasteiger charge is -2.25. The van der Waals surface area contributed by atoms with E-state index in [0.29, 0.717) is 26.3 Å². The van der Waals surface area contributed by atoms with Gasteiger partial charge in [-0.15, -0.1) is 3.63 Å². The van der Waals surface area contributed by atoms with Crippen molar-refractivity contribution in [2.75, 3.05) is 38.6 Å². The van der Waals surface area contributed by atoms with Crippen LogP contribution < -0.4 is 0 Å². The summed E-state index contributed by atoms with van der Waals surface area (Å²) in [5.41, 5.74) is 0. The Labute approximate surface area is 91.0 Å². The third-order valence-electron chi connectivity index (χ3n) is 1.92. The second-order valence-corrected chi connectivity index (χ2v) is 5.50. The van der Waals surface area contributed by atoms with Crippen LogP contribution in [0.25, 0.3) is 0 Å². The van der Waals surface area contributed by atoms with Crippen molar-refractivity contribution >= 4 is 21.5 Å². The molecule has 9 heteroatoms. The Kier molecular flexibility index (Phi) is 5.09. The minimum absolute atomic E-state index is 0.281. The van der Waals surface area contributed by atoms with E-state index in [2.05, 4.69) is 3.63 Å². The fourth-order valence-electron chi connectivity index (χ4n) is 1.19. The predicted molar refractivity (Wildman–Crippen MR) is 52.9 cm³/mol. The van der Waals surface area contributed by atoms with Crippen molar-refractivity contribution in [2.24, 2.45) is 0 Å². The highest BCUT2D eigenvalue weighted by Gasteiger charge is 2.18. The van der Waals surface area contributed by atoms with E-state index in [0.717, 1.165) is 0 Å². The van der Waals surface area contributed by atoms with Gasteiger partial charge in [0.25, 0.3) is 10.1 Å². The third kappa shape index (κ3) is 5.54. The Hall–Kier alpha value is -0.0600. The van der Waals surface area contributed by atoms with Crippen LogP contribution in [0, 0.1) is 0 Å². The maximum Gasteiger partial charge on any atom is 0.317 e. The lowest BCUT2D eigenvalue weighted by molar-refractivity contribution is 0.0407. The summed E-state index contributed by atoms with van der Waals surface area (Å²) >= 11 is -2.77. The molecule has 1 atom stereocenters. The molecular weight excluding hydrogens is 246 g/mol. The zero-order valence-electron chi connectivity index (χ0n) is 7.99. The van der Waals surface area contributed by atoms with Gasteiger partial charge >= 0.3 is 11.4 Å². The van der Waals surface area contributed by atoms with Crippen molar-refractivity contribution < 1.29 is 25.5 Å². The molecule has 90 valence electrons. The average Bonchev–Trinajstić information content (AvgIpc) is 2.15. The molecule has 1 N–H and O–H groups in total. The van der Waals surface area contributed by atoms with Gasteiger partial charge in [-0.05, 0) is 0 Å². The van der Waals surface area contributed by atoms with E-state index in [1.807, 2.05) is 4.90 Å². The van der Waals surface area contributed by atoms with Gasteiger partial charge in [-0.25, -0.2) is 0 Å². The second kappa shape index (κ2) is 5.87. The topological polar surface area (TPSA) is 93.1 Å². The smallest absolute Gasteiger partial charge is 0.317 e. The van der Waals surface area contributed by atoms with E-state index in [1.54, 1.807) is 0 Å². The van der Waals surface area contributed by atoms with E-state index in [-0.39, 0.29) is 12.3 Å². The van der Waals surface area contributed by atoms with Gasteiger partial charge in [0, 0.05) is 19.6 Å². The average molecular weight is 259 g/mol. The second-order valence-electron chi connectivity index (χ2n) is 3.00. The predicted octanol–water partition coefficient (Wildman–Crippen LogP) is -1.20. The first-order valence-corrected chi connectivity index (χ1v) is 6.94. The maximum atomic E-state index is 11.1. The lowest BCUT2D eigenvalue weighted by Crippen LogP contribution is -2.39. The molecule has 15 heavy (non-hydrogen) atoms. The summed E-state index contributed by atoms with van der Waals surface area (Å²) in [5.74, 6) is -0.292. The Morgan fingerprint density at radius 2 is 2.00 bits per heavy atom. The molecular formula is C6H13NO6S2. The largest absolute Gasteiger partial charge is 0.379 e. The Morgan fingerprint density at radius 3 is 2.53 bits per heavy atom. The molecule has 1 saturated heterocycles. The first-order valence-electron chi connectivity index (χ1n) is 4.33. The van der Waals surface area contributed by atoms with Crippen molar-refractivity contribution in [1.82, 2.24) is 4.90 Å². The van der Waals surface area contributed by atoms with Crippen molar-refractivity contribution in [1.29, 1.82) is 0 Å². The Balaban J connectivity index is 2.31. The number of hydrogen-bond acceptors (Lipinski definition) is 6. The first-order chi connectivity index (χ1) is 6.99. The standard InChI is InChI=1S/C6H13NO6S2/c8-14(9)13-15(10,11)6-3-7-1-4-12-5-2-7/h1-6H2,(H,8,9). The van der Waals surface area contributed by atoms with Crippen molar-refractivity contribution in [3.05, 3.63) is 0 Å². The molecule has 1 aliphatic heterocycles. The molecule has 1 heterocycles. The molecule has 0 aromatic rings. The van der Waals surface area contributed by atoms with E-state index in [4.69, 9.17) is 9.29 Å². The molecule has 0 spiro atoms. The molecule has 1 fully saturated rings. The van der Waals surface area contributed by atoms with Gasteiger partial charge in [-0.2, -0.15) is 12.6 Å². The van der Waals surface area contributed by atoms with Gasteiger partial charge in [0.15, 0.2) is 0 Å². The third-order valence-corrected chi connectivity index (χ3v) is 3.90. The SMILES string of the molecule is O=S(O)OS(=O)(=O)CCN1CCOCC1. The monoisotopic (exact) mass is 259 g/mol. The lowest BCUT2D eigenvalue weighted by atomic mass is 10.4. The number of morpholine rings is 1. The van der Waals surface area contributed by atoms with Crippen LogP contribution in [-0.2, 0) is 29.8 Å². The number of ether oxygens (including phenoxy) is 1. The summed E-state index contributed by atoms with van der Waals surface area (Å²) in [4.78, 5) is 1.89. The summed E-state index contributed by atoms with van der Waals surface area (Å²) in [5, 5.41) is 0. The minimum atomic E-state index is -3.91. The summed E-state index contributed by atoms with van der Waals surface area (Å²) in [6.45, 7) is 2.76. The summed E-state index contributed by atoms with van der Waals surface area (Å²) < 4.78 is 49.5. The highest BCUT2D eigenvalue weighted by atomic mass is 32.3. The van der Waals surface area contributed by atoms with Crippen LogP contribution >= 0.6 is 0 Å². The molecule has 1 unspecified atom stereocenters. The van der Waals surface area contributed by atoms with Gasteiger partial charge in [-0.1, -0.05) is 0 Å². The van der Waals surface area contributed by atoms with Crippen molar-refractivity contribution in [3.63, 3.8) is 0 Å². The van der Waals surface area contributed by atoms with E-state index >= 15 is 0 Å². The van der Waals surface area contributed by atoms with Gasteiger partial charge < -0.3 is 4.74 Å². The number of hydrogen-bond donors (Lipinski definition) is 1. The Morgan fingerprint density at radius 1 is 1.40 bits per heavy atom. The highest BCUT2D eigenvalue weighted by Crippen LogP contribution is 2.00. The summed E-state index contributed by atoms with van der Waals surface area (Å²) in [6.07, 6.45) is 0. The van der Waals surface area contributed by atoms with E-state index in [9.17, 15) is 12.6 Å². The van der Waals surface area contributed by atoms with Gasteiger partial charge in [0.05, 0.1) is 19.0 Å². The minimum Gasteiger partial charge on any atom is -0.379 e. The maximum absolute atomic E-state index is 11.1. The zero-order chi connectivity index (χ0) is 11.3. The van der Waals surface area contributed by atoms with Gasteiger partial charge in [-0.3, -0.25) is 9.45 Å². The highest BCUT2D eigenvalue weighted by molar-refractivity contribution is 7.95. The summed E-state index contributed by atoms with van der Waals surface area (Å²) in [6, 6.07) is 0. The van der Waals surface area contributed by atoms with Crippen molar-refractivity contribution in [3.8, 4) is 0 Å². The fourth-order valence-corrected chi connectivity index (χ4v) is 2.65. The molecule has 0 radical (unpaired) electrons. The van der Waals surface area contributed by atoms with E-state index in [1.165, 1.54) is 0 Å². The molecule has 1 aliphatic rings. The van der Waals surface area contributed by atoms with Gasteiger partial charge in [0.2, 0.25) is 0 Å². The summed E-state index contributed by atoms with van der Waals surface area (Å²) in [7, 11) is -3.91. The number of rotatable bonds is 5. The molecule has 7 nitrogen and oxygen atoms in total.